The Morgan fingerprint density at radius 3 is 1.24 bits per heavy atom. The van der Waals surface area contributed by atoms with E-state index in [2.05, 4.69) is 168 Å². The van der Waals surface area contributed by atoms with Crippen LogP contribution in [0, 0.1) is 11.5 Å². The Kier molecular flexibility index (Phi) is 6.49. The highest BCUT2D eigenvalue weighted by molar-refractivity contribution is 7.16. The Balaban J connectivity index is 1.59. The van der Waals surface area contributed by atoms with Crippen molar-refractivity contribution in [1.29, 1.82) is 0 Å². The third kappa shape index (κ3) is 4.34. The molecule has 0 spiro atoms. The predicted octanol–water partition coefficient (Wildman–Crippen LogP) is 7.12. The first-order chi connectivity index (χ1) is 20.4. The lowest BCUT2D eigenvalue weighted by molar-refractivity contribution is 1.33. The van der Waals surface area contributed by atoms with Crippen molar-refractivity contribution >= 4 is 45.2 Å². The van der Waals surface area contributed by atoms with Crippen LogP contribution in [0.1, 0.15) is 5.56 Å². The maximum absolute atomic E-state index is 4.27. The normalized spacial score (nSPS) is 11.2. The average molecular weight is 538 g/mol. The quantitative estimate of drug-likeness (QED) is 0.101. The van der Waals surface area contributed by atoms with Gasteiger partial charge >= 0.3 is 0 Å². The van der Waals surface area contributed by atoms with Crippen LogP contribution in [0.2, 0.25) is 0 Å². The molecular weight excluding hydrogens is 511 g/mol. The highest BCUT2D eigenvalue weighted by Gasteiger charge is 2.38. The van der Waals surface area contributed by atoms with Crippen LogP contribution in [0.3, 0.4) is 0 Å². The van der Waals surface area contributed by atoms with E-state index in [9.17, 15) is 0 Å². The van der Waals surface area contributed by atoms with Crippen molar-refractivity contribution in [2.45, 2.75) is 0 Å². The predicted molar refractivity (Wildman–Crippen MR) is 176 cm³/mol. The Morgan fingerprint density at radius 1 is 0.415 bits per heavy atom. The zero-order valence-corrected chi connectivity index (χ0v) is 23.5. The molecule has 0 N–H and O–H groups in total. The van der Waals surface area contributed by atoms with Gasteiger partial charge in [0.15, 0.2) is 0 Å². The van der Waals surface area contributed by atoms with Crippen molar-refractivity contribution < 1.29 is 0 Å². The first-order valence-electron chi connectivity index (χ1n) is 13.9. The zero-order valence-electron chi connectivity index (χ0n) is 22.5. The second-order valence-corrected chi connectivity index (χ2v) is 13.7. The van der Waals surface area contributed by atoms with Crippen LogP contribution in [-0.2, 0) is 0 Å². The number of hydrogen-bond acceptors (Lipinski definition) is 1. The van der Waals surface area contributed by atoms with E-state index in [1.807, 2.05) is 12.4 Å². The summed E-state index contributed by atoms with van der Waals surface area (Å²) in [5.74, 6) is 3.85. The lowest BCUT2D eigenvalue weighted by Gasteiger charge is -2.28. The lowest BCUT2D eigenvalue weighted by Crippen LogP contribution is -2.66. The van der Waals surface area contributed by atoms with Crippen LogP contribution in [-0.4, -0.2) is 13.1 Å². The van der Waals surface area contributed by atoms with Gasteiger partial charge in [-0.25, -0.2) is 0 Å². The monoisotopic (exact) mass is 537 g/mol. The molecule has 6 aromatic carbocycles. The molecule has 1 heterocycles. The summed E-state index contributed by atoms with van der Waals surface area (Å²) in [6.07, 6.45) is 3.73. The van der Waals surface area contributed by atoms with E-state index >= 15 is 0 Å². The molecule has 1 nitrogen and oxygen atoms in total. The van der Waals surface area contributed by atoms with Crippen LogP contribution in [0.5, 0.6) is 0 Å². The van der Waals surface area contributed by atoms with E-state index < -0.39 is 8.07 Å². The minimum absolute atomic E-state index is 1.08. The minimum atomic E-state index is -2.73. The summed E-state index contributed by atoms with van der Waals surface area (Å²) in [5, 5.41) is 8.59. The first kappa shape index (κ1) is 24.8. The van der Waals surface area contributed by atoms with Crippen molar-refractivity contribution in [2.24, 2.45) is 0 Å². The van der Waals surface area contributed by atoms with Gasteiger partial charge in [0.05, 0.1) is 0 Å². The lowest BCUT2D eigenvalue weighted by atomic mass is 9.89. The van der Waals surface area contributed by atoms with Crippen molar-refractivity contribution in [3.63, 3.8) is 0 Å². The Hall–Kier alpha value is -5.23. The largest absolute Gasteiger partial charge is 0.265 e. The van der Waals surface area contributed by atoms with E-state index in [4.69, 9.17) is 0 Å². The number of hydrogen-bond donors (Lipinski definition) is 0. The molecular formula is C39H27NSi. The Bertz CT molecular complexity index is 1870. The van der Waals surface area contributed by atoms with Crippen molar-refractivity contribution in [1.82, 2.24) is 4.98 Å². The molecule has 0 atom stereocenters. The van der Waals surface area contributed by atoms with Crippen molar-refractivity contribution in [3.05, 3.63) is 170 Å². The van der Waals surface area contributed by atoms with E-state index in [-0.39, 0.29) is 0 Å². The van der Waals surface area contributed by atoms with Crippen molar-refractivity contribution in [2.75, 3.05) is 0 Å². The molecule has 0 saturated heterocycles. The third-order valence-corrected chi connectivity index (χ3v) is 12.0. The molecule has 0 aliphatic heterocycles. The molecule has 2 heteroatoms. The topological polar surface area (TPSA) is 12.9 Å². The van der Waals surface area contributed by atoms with Crippen LogP contribution in [0.4, 0.5) is 0 Å². The van der Waals surface area contributed by atoms with Crippen molar-refractivity contribution in [3.8, 4) is 22.6 Å². The fraction of sp³-hybridized carbons (Fsp3) is 0. The maximum atomic E-state index is 4.27. The molecule has 0 saturated carbocycles. The van der Waals surface area contributed by atoms with Crippen LogP contribution >= 0.6 is 0 Å². The van der Waals surface area contributed by atoms with Gasteiger partial charge in [0, 0.05) is 18.0 Å². The van der Waals surface area contributed by atoms with Crippen LogP contribution in [0.15, 0.2) is 164 Å². The molecule has 41 heavy (non-hydrogen) atoms. The van der Waals surface area contributed by atoms with E-state index in [1.165, 1.54) is 42.7 Å². The van der Waals surface area contributed by atoms with Crippen LogP contribution < -0.4 is 15.6 Å². The number of fused-ring (bicyclic) bond motifs is 2. The summed E-state index contributed by atoms with van der Waals surface area (Å²) >= 11 is 0. The standard InChI is InChI=1S/C39H27NSi/c1-4-14-31(15-5-1)41(32-16-6-2-7-17-32,33-18-8-3-9-19-33)29-26-36-34-20-10-12-22-37(34)39(30-24-27-40-28-25-30)38-23-13-11-21-35(36)38/h1-25,27-28H. The number of pyridine rings is 1. The Labute approximate surface area is 241 Å². The van der Waals surface area contributed by atoms with Gasteiger partial charge in [0.25, 0.3) is 0 Å². The molecule has 7 aromatic rings. The number of nitrogens with zero attached hydrogens (tertiary/aromatic N) is 1. The third-order valence-electron chi connectivity index (χ3n) is 7.90. The molecule has 0 unspecified atom stereocenters. The molecule has 0 aliphatic carbocycles. The molecule has 7 rings (SSSR count). The van der Waals surface area contributed by atoms with Gasteiger partial charge < -0.3 is 0 Å². The fourth-order valence-electron chi connectivity index (χ4n) is 6.03. The summed E-state index contributed by atoms with van der Waals surface area (Å²) in [4.78, 5) is 4.27. The highest BCUT2D eigenvalue weighted by Crippen LogP contribution is 2.38. The summed E-state index contributed by atoms with van der Waals surface area (Å²) in [5.41, 5.74) is 7.48. The molecule has 0 fully saturated rings. The molecule has 0 aliphatic rings. The van der Waals surface area contributed by atoms with Gasteiger partial charge in [-0.2, -0.15) is 0 Å². The average Bonchev–Trinajstić information content (AvgIpc) is 3.06. The number of rotatable bonds is 4. The number of benzene rings is 6. The molecule has 1 aromatic heterocycles. The van der Waals surface area contributed by atoms with Gasteiger partial charge in [-0.15, -0.1) is 5.54 Å². The summed E-state index contributed by atoms with van der Waals surface area (Å²) in [6, 6.07) is 54.2. The van der Waals surface area contributed by atoms with E-state index in [0.717, 1.165) is 11.1 Å². The smallest absolute Gasteiger partial charge is 0.230 e. The zero-order chi connectivity index (χ0) is 27.5. The second-order valence-electron chi connectivity index (χ2n) is 10.2. The molecule has 0 radical (unpaired) electrons. The van der Waals surface area contributed by atoms with Gasteiger partial charge in [0.2, 0.25) is 8.07 Å². The number of aromatic nitrogens is 1. The summed E-state index contributed by atoms with van der Waals surface area (Å²) in [6.45, 7) is 0. The maximum Gasteiger partial charge on any atom is 0.230 e. The van der Waals surface area contributed by atoms with Gasteiger partial charge in [0.1, 0.15) is 0 Å². The van der Waals surface area contributed by atoms with E-state index in [1.54, 1.807) is 0 Å². The van der Waals surface area contributed by atoms with Gasteiger partial charge in [-0.05, 0) is 60.4 Å². The van der Waals surface area contributed by atoms with E-state index in [0.29, 0.717) is 0 Å². The summed E-state index contributed by atoms with van der Waals surface area (Å²) in [7, 11) is -2.73. The summed E-state index contributed by atoms with van der Waals surface area (Å²) < 4.78 is 0. The first-order valence-corrected chi connectivity index (χ1v) is 15.9. The van der Waals surface area contributed by atoms with Gasteiger partial charge in [-0.3, -0.25) is 4.98 Å². The molecule has 0 bridgehead atoms. The SMILES string of the molecule is C(#C[Si](c1ccccc1)(c1ccccc1)c1ccccc1)c1c2ccccc2c(-c2ccncc2)c2ccccc12. The Morgan fingerprint density at radius 2 is 0.805 bits per heavy atom. The second kappa shape index (κ2) is 10.7. The fourth-order valence-corrected chi connectivity index (χ4v) is 9.85. The minimum Gasteiger partial charge on any atom is -0.265 e. The molecule has 192 valence electrons. The highest BCUT2D eigenvalue weighted by atomic mass is 28.3. The van der Waals surface area contributed by atoms with Crippen LogP contribution in [0.25, 0.3) is 32.7 Å². The van der Waals surface area contributed by atoms with Gasteiger partial charge in [-0.1, -0.05) is 145 Å². The molecule has 0 amide bonds.